The van der Waals surface area contributed by atoms with Gasteiger partial charge in [0.05, 0.1) is 7.11 Å². The summed E-state index contributed by atoms with van der Waals surface area (Å²) in [6, 6.07) is 10.7. The van der Waals surface area contributed by atoms with Crippen molar-refractivity contribution < 1.29 is 23.7 Å². The first-order valence-corrected chi connectivity index (χ1v) is 8.19. The van der Waals surface area contributed by atoms with Crippen LogP contribution in [0.3, 0.4) is 0 Å². The summed E-state index contributed by atoms with van der Waals surface area (Å²) in [5.41, 5.74) is 1.62. The molecule has 0 radical (unpaired) electrons. The minimum absolute atomic E-state index is 0.183. The van der Waals surface area contributed by atoms with Crippen LogP contribution >= 0.6 is 15.9 Å². The van der Waals surface area contributed by atoms with Crippen molar-refractivity contribution >= 4 is 33.9 Å². The average Bonchev–Trinajstić information content (AvgIpc) is 3.22. The zero-order valence-electron chi connectivity index (χ0n) is 13.1. The molecule has 0 unspecified atom stereocenters. The molecule has 0 fully saturated rings. The number of halogens is 1. The van der Waals surface area contributed by atoms with E-state index in [-0.39, 0.29) is 18.4 Å². The lowest BCUT2D eigenvalue weighted by molar-refractivity contribution is -0.129. The molecule has 25 heavy (non-hydrogen) atoms. The number of fused-ring (bicyclic) bond motifs is 1. The standard InChI is InChI=1S/C18H12BrNO5/c1-22-12-4-2-3-10(5-12)17-20-14(18(21)25-17)6-11-7-15-16(8-13(11)19)24-9-23-15/h2-8H,9H2,1H3/b14-6-. The molecule has 0 spiro atoms. The predicted octanol–water partition coefficient (Wildman–Crippen LogP) is 3.53. The molecule has 2 aromatic rings. The number of esters is 1. The molecule has 0 bridgehead atoms. The van der Waals surface area contributed by atoms with Crippen LogP contribution in [-0.2, 0) is 9.53 Å². The van der Waals surface area contributed by atoms with Crippen LogP contribution < -0.4 is 14.2 Å². The van der Waals surface area contributed by atoms with Crippen LogP contribution in [0, 0.1) is 0 Å². The quantitative estimate of drug-likeness (QED) is 0.581. The number of hydrogen-bond donors (Lipinski definition) is 0. The van der Waals surface area contributed by atoms with Crippen LogP contribution in [0.2, 0.25) is 0 Å². The van der Waals surface area contributed by atoms with Gasteiger partial charge >= 0.3 is 5.97 Å². The number of cyclic esters (lactones) is 1. The Labute approximate surface area is 151 Å². The highest BCUT2D eigenvalue weighted by Crippen LogP contribution is 2.38. The Morgan fingerprint density at radius 3 is 2.80 bits per heavy atom. The predicted molar refractivity (Wildman–Crippen MR) is 93.9 cm³/mol. The van der Waals surface area contributed by atoms with Gasteiger partial charge in [-0.15, -0.1) is 0 Å². The molecule has 0 atom stereocenters. The molecule has 4 rings (SSSR count). The average molecular weight is 402 g/mol. The molecular weight excluding hydrogens is 390 g/mol. The number of ether oxygens (including phenoxy) is 4. The number of methoxy groups -OCH3 is 1. The van der Waals surface area contributed by atoms with Crippen LogP contribution in [0.15, 0.2) is 51.6 Å². The van der Waals surface area contributed by atoms with Crippen molar-refractivity contribution in [3.8, 4) is 17.2 Å². The maximum Gasteiger partial charge on any atom is 0.363 e. The van der Waals surface area contributed by atoms with Crippen molar-refractivity contribution in [2.75, 3.05) is 13.9 Å². The minimum Gasteiger partial charge on any atom is -0.497 e. The minimum atomic E-state index is -0.512. The maximum atomic E-state index is 12.2. The summed E-state index contributed by atoms with van der Waals surface area (Å²) in [6.45, 7) is 0.183. The lowest BCUT2D eigenvalue weighted by Crippen LogP contribution is -2.05. The fraction of sp³-hybridized carbons (Fsp3) is 0.111. The zero-order chi connectivity index (χ0) is 17.4. The molecule has 0 aromatic heterocycles. The Bertz CT molecular complexity index is 935. The van der Waals surface area contributed by atoms with Gasteiger partial charge in [-0.2, -0.15) is 0 Å². The van der Waals surface area contributed by atoms with Gasteiger partial charge in [0.25, 0.3) is 0 Å². The number of benzene rings is 2. The van der Waals surface area contributed by atoms with Gasteiger partial charge in [0.1, 0.15) is 5.75 Å². The monoisotopic (exact) mass is 401 g/mol. The molecular formula is C18H12BrNO5. The molecule has 2 aliphatic heterocycles. The summed E-state index contributed by atoms with van der Waals surface area (Å²) in [5.74, 6) is 1.67. The summed E-state index contributed by atoms with van der Waals surface area (Å²) in [4.78, 5) is 16.5. The topological polar surface area (TPSA) is 66.3 Å². The first kappa shape index (κ1) is 15.7. The number of carbonyl (C=O) groups excluding carboxylic acids is 1. The Balaban J connectivity index is 1.69. The molecule has 2 heterocycles. The Kier molecular flexibility index (Phi) is 3.93. The first-order valence-electron chi connectivity index (χ1n) is 7.40. The Morgan fingerprint density at radius 1 is 1.20 bits per heavy atom. The second kappa shape index (κ2) is 6.25. The zero-order valence-corrected chi connectivity index (χ0v) is 14.7. The van der Waals surface area contributed by atoms with Gasteiger partial charge in [-0.05, 0) is 42.0 Å². The summed E-state index contributed by atoms with van der Waals surface area (Å²) in [6.07, 6.45) is 1.64. The largest absolute Gasteiger partial charge is 0.497 e. The molecule has 0 aliphatic carbocycles. The highest BCUT2D eigenvalue weighted by atomic mass is 79.9. The van der Waals surface area contributed by atoms with Crippen molar-refractivity contribution in [3.63, 3.8) is 0 Å². The number of hydrogen-bond acceptors (Lipinski definition) is 6. The third-order valence-electron chi connectivity index (χ3n) is 3.72. The number of carbonyl (C=O) groups is 1. The molecule has 0 saturated heterocycles. The summed E-state index contributed by atoms with van der Waals surface area (Å²) < 4.78 is 21.9. The summed E-state index contributed by atoms with van der Waals surface area (Å²) in [7, 11) is 1.57. The van der Waals surface area contributed by atoms with E-state index in [9.17, 15) is 4.79 Å². The second-order valence-electron chi connectivity index (χ2n) is 5.29. The van der Waals surface area contributed by atoms with E-state index < -0.39 is 5.97 Å². The number of rotatable bonds is 3. The van der Waals surface area contributed by atoms with Gasteiger partial charge in [0.15, 0.2) is 17.2 Å². The molecule has 2 aliphatic rings. The van der Waals surface area contributed by atoms with Crippen molar-refractivity contribution in [1.82, 2.24) is 0 Å². The Hall–Kier alpha value is -2.80. The van der Waals surface area contributed by atoms with E-state index in [1.165, 1.54) is 0 Å². The van der Waals surface area contributed by atoms with Gasteiger partial charge in [-0.1, -0.05) is 22.0 Å². The molecule has 0 saturated carbocycles. The maximum absolute atomic E-state index is 12.2. The van der Waals surface area contributed by atoms with Gasteiger partial charge in [-0.25, -0.2) is 9.79 Å². The molecule has 6 nitrogen and oxygen atoms in total. The Morgan fingerprint density at radius 2 is 2.00 bits per heavy atom. The van der Waals surface area contributed by atoms with Crippen molar-refractivity contribution in [1.29, 1.82) is 0 Å². The van der Waals surface area contributed by atoms with Crippen molar-refractivity contribution in [3.05, 3.63) is 57.7 Å². The van der Waals surface area contributed by atoms with Crippen LogP contribution in [-0.4, -0.2) is 25.8 Å². The van der Waals surface area contributed by atoms with Gasteiger partial charge < -0.3 is 18.9 Å². The van der Waals surface area contributed by atoms with E-state index in [0.29, 0.717) is 22.8 Å². The molecule has 0 amide bonds. The van der Waals surface area contributed by atoms with Gasteiger partial charge in [0, 0.05) is 10.0 Å². The van der Waals surface area contributed by atoms with Crippen LogP contribution in [0.4, 0.5) is 0 Å². The summed E-state index contributed by atoms with van der Waals surface area (Å²) >= 11 is 3.46. The van der Waals surface area contributed by atoms with Gasteiger partial charge in [-0.3, -0.25) is 0 Å². The molecule has 0 N–H and O–H groups in total. The van der Waals surface area contributed by atoms with Gasteiger partial charge in [0.2, 0.25) is 12.7 Å². The fourth-order valence-electron chi connectivity index (χ4n) is 2.48. The third kappa shape index (κ3) is 2.98. The van der Waals surface area contributed by atoms with Crippen molar-refractivity contribution in [2.45, 2.75) is 0 Å². The lowest BCUT2D eigenvalue weighted by atomic mass is 10.1. The van der Waals surface area contributed by atoms with E-state index in [1.54, 1.807) is 49.6 Å². The lowest BCUT2D eigenvalue weighted by Gasteiger charge is -2.02. The van der Waals surface area contributed by atoms with E-state index in [4.69, 9.17) is 18.9 Å². The summed E-state index contributed by atoms with van der Waals surface area (Å²) in [5, 5.41) is 0. The highest BCUT2D eigenvalue weighted by molar-refractivity contribution is 9.10. The van der Waals surface area contributed by atoms with Crippen molar-refractivity contribution in [2.24, 2.45) is 4.99 Å². The molecule has 2 aromatic carbocycles. The normalized spacial score (nSPS) is 16.8. The van der Waals surface area contributed by atoms with Crippen LogP contribution in [0.5, 0.6) is 17.2 Å². The van der Waals surface area contributed by atoms with E-state index >= 15 is 0 Å². The van der Waals surface area contributed by atoms with E-state index in [2.05, 4.69) is 20.9 Å². The smallest absolute Gasteiger partial charge is 0.363 e. The molecule has 126 valence electrons. The van der Waals surface area contributed by atoms with E-state index in [1.807, 2.05) is 0 Å². The van der Waals surface area contributed by atoms with Crippen LogP contribution in [0.25, 0.3) is 6.08 Å². The number of nitrogens with zero attached hydrogens (tertiary/aromatic N) is 1. The SMILES string of the molecule is COc1cccc(C2=N/C(=C\c3cc4c(cc3Br)OCO4)C(=O)O2)c1. The second-order valence-corrected chi connectivity index (χ2v) is 6.15. The van der Waals surface area contributed by atoms with Crippen LogP contribution in [0.1, 0.15) is 11.1 Å². The highest BCUT2D eigenvalue weighted by Gasteiger charge is 2.25. The molecule has 7 heteroatoms. The number of aliphatic imine (C=N–C) groups is 1. The fourth-order valence-corrected chi connectivity index (χ4v) is 2.92. The first-order chi connectivity index (χ1) is 12.1. The van der Waals surface area contributed by atoms with E-state index in [0.717, 1.165) is 10.0 Å². The third-order valence-corrected chi connectivity index (χ3v) is 4.41.